The summed E-state index contributed by atoms with van der Waals surface area (Å²) in [7, 11) is 0. The van der Waals surface area contributed by atoms with E-state index in [1.807, 2.05) is 6.26 Å². The van der Waals surface area contributed by atoms with E-state index in [-0.39, 0.29) is 0 Å². The molecule has 0 spiro atoms. The minimum Gasteiger partial charge on any atom is -0.364 e. The van der Waals surface area contributed by atoms with Gasteiger partial charge in [0, 0.05) is 11.3 Å². The van der Waals surface area contributed by atoms with Crippen LogP contribution in [0.25, 0.3) is 0 Å². The van der Waals surface area contributed by atoms with Crippen molar-refractivity contribution < 1.29 is 4.52 Å². The van der Waals surface area contributed by atoms with Gasteiger partial charge in [-0.05, 0) is 6.26 Å². The number of rotatable bonds is 2. The summed E-state index contributed by atoms with van der Waals surface area (Å²) in [4.78, 5) is 0. The van der Waals surface area contributed by atoms with Gasteiger partial charge in [-0.3, -0.25) is 0 Å². The van der Waals surface area contributed by atoms with Crippen LogP contribution in [0.3, 0.4) is 0 Å². The molecular formula is C5H7NOS. The minimum absolute atomic E-state index is 0.990. The van der Waals surface area contributed by atoms with Gasteiger partial charge in [0.25, 0.3) is 0 Å². The molecule has 0 aliphatic rings. The Morgan fingerprint density at radius 3 is 3.25 bits per heavy atom. The first kappa shape index (κ1) is 5.69. The molecule has 44 valence electrons. The molecule has 0 unspecified atom stereocenters. The van der Waals surface area contributed by atoms with E-state index in [2.05, 4.69) is 9.68 Å². The molecule has 8 heavy (non-hydrogen) atoms. The maximum atomic E-state index is 4.60. The molecule has 1 aromatic heterocycles. The van der Waals surface area contributed by atoms with E-state index in [4.69, 9.17) is 0 Å². The molecule has 0 saturated heterocycles. The van der Waals surface area contributed by atoms with Crippen molar-refractivity contribution >= 4 is 11.8 Å². The molecule has 0 N–H and O–H groups in total. The smallest absolute Gasteiger partial charge is 0.127 e. The van der Waals surface area contributed by atoms with Crippen molar-refractivity contribution in [3.8, 4) is 0 Å². The Kier molecular flexibility index (Phi) is 1.97. The van der Waals surface area contributed by atoms with Gasteiger partial charge in [0.2, 0.25) is 0 Å². The molecule has 0 saturated carbocycles. The van der Waals surface area contributed by atoms with Crippen molar-refractivity contribution in [3.05, 3.63) is 18.0 Å². The molecule has 0 aromatic carbocycles. The highest BCUT2D eigenvalue weighted by Gasteiger charge is 1.89. The summed E-state index contributed by atoms with van der Waals surface area (Å²) in [6.07, 6.45) is 5.44. The Bertz CT molecular complexity index is 138. The SMILES string of the molecule is CSCc1cnoc1. The van der Waals surface area contributed by atoms with Crippen LogP contribution in [-0.4, -0.2) is 11.4 Å². The summed E-state index contributed by atoms with van der Waals surface area (Å²) >= 11 is 1.76. The van der Waals surface area contributed by atoms with Gasteiger partial charge in [-0.25, -0.2) is 0 Å². The summed E-state index contributed by atoms with van der Waals surface area (Å²) in [5, 5.41) is 3.55. The second-order valence-electron chi connectivity index (χ2n) is 1.47. The molecule has 1 rings (SSSR count). The molecule has 1 heterocycles. The molecule has 2 nitrogen and oxygen atoms in total. The zero-order valence-electron chi connectivity index (χ0n) is 4.63. The Morgan fingerprint density at radius 2 is 2.75 bits per heavy atom. The van der Waals surface area contributed by atoms with E-state index >= 15 is 0 Å². The maximum absolute atomic E-state index is 4.60. The van der Waals surface area contributed by atoms with Gasteiger partial charge < -0.3 is 4.52 Å². The minimum atomic E-state index is 0.990. The summed E-state index contributed by atoms with van der Waals surface area (Å²) in [6.45, 7) is 0. The average molecular weight is 129 g/mol. The molecule has 0 aliphatic heterocycles. The predicted molar refractivity (Wildman–Crippen MR) is 33.7 cm³/mol. The summed E-state index contributed by atoms with van der Waals surface area (Å²) < 4.78 is 4.60. The fraction of sp³-hybridized carbons (Fsp3) is 0.400. The number of nitrogens with zero attached hydrogens (tertiary/aromatic N) is 1. The largest absolute Gasteiger partial charge is 0.364 e. The van der Waals surface area contributed by atoms with Gasteiger partial charge in [-0.15, -0.1) is 0 Å². The van der Waals surface area contributed by atoms with Crippen LogP contribution in [0, 0.1) is 0 Å². The van der Waals surface area contributed by atoms with Crippen molar-refractivity contribution in [2.24, 2.45) is 0 Å². The van der Waals surface area contributed by atoms with Crippen molar-refractivity contribution in [3.63, 3.8) is 0 Å². The standard InChI is InChI=1S/C5H7NOS/c1-8-4-5-2-6-7-3-5/h2-3H,4H2,1H3. The number of thioether (sulfide) groups is 1. The second-order valence-corrected chi connectivity index (χ2v) is 2.33. The van der Waals surface area contributed by atoms with Gasteiger partial charge in [0.15, 0.2) is 0 Å². The van der Waals surface area contributed by atoms with Gasteiger partial charge in [0.05, 0.1) is 6.20 Å². The topological polar surface area (TPSA) is 26.0 Å². The van der Waals surface area contributed by atoms with Gasteiger partial charge in [-0.2, -0.15) is 11.8 Å². The third-order valence-corrected chi connectivity index (χ3v) is 1.42. The first-order chi connectivity index (χ1) is 3.93. The van der Waals surface area contributed by atoms with E-state index in [0.29, 0.717) is 0 Å². The lowest BCUT2D eigenvalue weighted by Gasteiger charge is -1.83. The monoisotopic (exact) mass is 129 g/mol. The Labute approximate surface area is 52.2 Å². The molecule has 0 atom stereocenters. The third-order valence-electron chi connectivity index (χ3n) is 0.794. The van der Waals surface area contributed by atoms with Crippen LogP contribution in [0.5, 0.6) is 0 Å². The van der Waals surface area contributed by atoms with Crippen LogP contribution in [0.4, 0.5) is 0 Å². The third kappa shape index (κ3) is 1.26. The first-order valence-electron chi connectivity index (χ1n) is 2.30. The fourth-order valence-corrected chi connectivity index (χ4v) is 0.941. The highest BCUT2D eigenvalue weighted by molar-refractivity contribution is 7.97. The lowest BCUT2D eigenvalue weighted by atomic mass is 10.4. The predicted octanol–water partition coefficient (Wildman–Crippen LogP) is 1.54. The van der Waals surface area contributed by atoms with Crippen LogP contribution in [0.2, 0.25) is 0 Å². The van der Waals surface area contributed by atoms with Crippen LogP contribution in [0.15, 0.2) is 17.0 Å². The van der Waals surface area contributed by atoms with E-state index in [1.165, 1.54) is 0 Å². The van der Waals surface area contributed by atoms with Crippen LogP contribution in [-0.2, 0) is 5.75 Å². The molecule has 3 heteroatoms. The van der Waals surface area contributed by atoms with E-state index in [0.717, 1.165) is 11.3 Å². The van der Waals surface area contributed by atoms with Gasteiger partial charge in [-0.1, -0.05) is 5.16 Å². The van der Waals surface area contributed by atoms with E-state index in [1.54, 1.807) is 24.2 Å². The van der Waals surface area contributed by atoms with Crippen molar-refractivity contribution in [2.75, 3.05) is 6.26 Å². The van der Waals surface area contributed by atoms with Crippen molar-refractivity contribution in [1.82, 2.24) is 5.16 Å². The molecule has 1 aromatic rings. The van der Waals surface area contributed by atoms with Crippen molar-refractivity contribution in [1.29, 1.82) is 0 Å². The summed E-state index contributed by atoms with van der Waals surface area (Å²) in [5.74, 6) is 0.990. The van der Waals surface area contributed by atoms with Gasteiger partial charge in [0.1, 0.15) is 6.26 Å². The highest BCUT2D eigenvalue weighted by Crippen LogP contribution is 2.05. The summed E-state index contributed by atoms with van der Waals surface area (Å²) in [6, 6.07) is 0. The average Bonchev–Trinajstić information content (AvgIpc) is 2.19. The molecule has 0 radical (unpaired) electrons. The molecule has 0 fully saturated rings. The maximum Gasteiger partial charge on any atom is 0.127 e. The first-order valence-corrected chi connectivity index (χ1v) is 3.70. The second kappa shape index (κ2) is 2.77. The molecular weight excluding hydrogens is 122 g/mol. The lowest BCUT2D eigenvalue weighted by Crippen LogP contribution is -1.69. The Morgan fingerprint density at radius 1 is 1.88 bits per heavy atom. The molecule has 0 bridgehead atoms. The number of aromatic nitrogens is 1. The number of hydrogen-bond donors (Lipinski definition) is 0. The van der Waals surface area contributed by atoms with Crippen LogP contribution < -0.4 is 0 Å². The zero-order chi connectivity index (χ0) is 5.82. The molecule has 0 aliphatic carbocycles. The van der Waals surface area contributed by atoms with E-state index in [9.17, 15) is 0 Å². The Balaban J connectivity index is 2.50. The van der Waals surface area contributed by atoms with Crippen LogP contribution in [0.1, 0.15) is 5.56 Å². The summed E-state index contributed by atoms with van der Waals surface area (Å²) in [5.41, 5.74) is 1.15. The van der Waals surface area contributed by atoms with Crippen molar-refractivity contribution in [2.45, 2.75) is 5.75 Å². The highest BCUT2D eigenvalue weighted by atomic mass is 32.2. The van der Waals surface area contributed by atoms with E-state index < -0.39 is 0 Å². The zero-order valence-corrected chi connectivity index (χ0v) is 5.44. The molecule has 0 amide bonds. The van der Waals surface area contributed by atoms with Gasteiger partial charge >= 0.3 is 0 Å². The lowest BCUT2D eigenvalue weighted by molar-refractivity contribution is 0.419. The van der Waals surface area contributed by atoms with Crippen LogP contribution >= 0.6 is 11.8 Å². The normalized spacial score (nSPS) is 9.62. The fourth-order valence-electron chi connectivity index (χ4n) is 0.465. The Hall–Kier alpha value is -0.440. The quantitative estimate of drug-likeness (QED) is 0.605. The number of hydrogen-bond acceptors (Lipinski definition) is 3.